The smallest absolute Gasteiger partial charge is 0.352 e. The molecule has 2 aromatic heterocycles. The average molecular weight is 443 g/mol. The zero-order chi connectivity index (χ0) is 21.7. The molecule has 0 amide bonds. The molecule has 1 spiro atoms. The Morgan fingerprint density at radius 2 is 2.27 bits per heavy atom. The van der Waals surface area contributed by atoms with Gasteiger partial charge in [-0.15, -0.1) is 5.10 Å². The highest BCUT2D eigenvalue weighted by Crippen LogP contribution is 2.50. The van der Waals surface area contributed by atoms with Gasteiger partial charge in [-0.05, 0) is 32.6 Å². The molecular formula is C18H27ClN6O5. The highest BCUT2D eigenvalue weighted by molar-refractivity contribution is 6.29. The molecule has 0 bridgehead atoms. The van der Waals surface area contributed by atoms with Crippen molar-refractivity contribution >= 4 is 23.1 Å². The van der Waals surface area contributed by atoms with Crippen LogP contribution in [0.4, 0.5) is 11.5 Å². The number of H-pyrrole nitrogens is 1. The van der Waals surface area contributed by atoms with E-state index in [4.69, 9.17) is 31.5 Å². The van der Waals surface area contributed by atoms with Crippen LogP contribution in [0.2, 0.25) is 5.15 Å². The molecule has 3 N–H and O–H groups in total. The monoisotopic (exact) mass is 442 g/mol. The minimum Gasteiger partial charge on any atom is -0.472 e. The maximum Gasteiger partial charge on any atom is 0.352 e. The molecule has 2 aromatic rings. The van der Waals surface area contributed by atoms with Gasteiger partial charge < -0.3 is 19.9 Å². The largest absolute Gasteiger partial charge is 0.472 e. The summed E-state index contributed by atoms with van der Waals surface area (Å²) in [5.41, 5.74) is 5.67. The lowest BCUT2D eigenvalue weighted by Crippen LogP contribution is -2.30. The van der Waals surface area contributed by atoms with E-state index in [1.165, 1.54) is 0 Å². The third kappa shape index (κ3) is 5.41. The number of nitrogen functional groups attached to an aromatic ring is 1. The third-order valence-corrected chi connectivity index (χ3v) is 5.38. The summed E-state index contributed by atoms with van der Waals surface area (Å²) in [6.07, 6.45) is 4.51. The Labute approximate surface area is 179 Å². The number of methoxy groups -OCH3 is 1. The van der Waals surface area contributed by atoms with E-state index >= 15 is 0 Å². The van der Waals surface area contributed by atoms with Crippen molar-refractivity contribution in [3.63, 3.8) is 0 Å². The van der Waals surface area contributed by atoms with Gasteiger partial charge in [0.1, 0.15) is 16.7 Å². The van der Waals surface area contributed by atoms with E-state index in [1.54, 1.807) is 24.8 Å². The maximum atomic E-state index is 11.4. The van der Waals surface area contributed by atoms with Crippen molar-refractivity contribution in [3.8, 4) is 5.88 Å². The molecule has 1 atom stereocenters. The lowest BCUT2D eigenvalue weighted by atomic mass is 10.0. The van der Waals surface area contributed by atoms with Crippen LogP contribution in [0.1, 0.15) is 43.8 Å². The van der Waals surface area contributed by atoms with Gasteiger partial charge in [-0.2, -0.15) is 5.10 Å². The van der Waals surface area contributed by atoms with E-state index < -0.39 is 4.92 Å². The second-order valence-corrected chi connectivity index (χ2v) is 7.86. The highest BCUT2D eigenvalue weighted by atomic mass is 35.5. The molecule has 11 nitrogen and oxygen atoms in total. The summed E-state index contributed by atoms with van der Waals surface area (Å²) < 4.78 is 18.1. The van der Waals surface area contributed by atoms with Crippen LogP contribution >= 0.6 is 11.6 Å². The Morgan fingerprint density at radius 1 is 1.50 bits per heavy atom. The van der Waals surface area contributed by atoms with Crippen molar-refractivity contribution in [1.29, 1.82) is 0 Å². The zero-order valence-electron chi connectivity index (χ0n) is 17.1. The first-order chi connectivity index (χ1) is 14.3. The van der Waals surface area contributed by atoms with Crippen LogP contribution in [0, 0.1) is 17.0 Å². The van der Waals surface area contributed by atoms with Gasteiger partial charge in [0.25, 0.3) is 0 Å². The highest BCUT2D eigenvalue weighted by Gasteiger charge is 2.49. The second kappa shape index (κ2) is 9.63. The van der Waals surface area contributed by atoms with E-state index in [1.807, 2.05) is 0 Å². The first kappa shape index (κ1) is 22.3. The Hall–Kier alpha value is -2.37. The van der Waals surface area contributed by atoms with Crippen LogP contribution in [-0.4, -0.2) is 57.4 Å². The number of hydrogen-bond donors (Lipinski definition) is 2. The van der Waals surface area contributed by atoms with Crippen molar-refractivity contribution in [1.82, 2.24) is 20.0 Å². The van der Waals surface area contributed by atoms with Crippen LogP contribution in [0.25, 0.3) is 0 Å². The first-order valence-corrected chi connectivity index (χ1v) is 10.2. The Balaban J connectivity index is 0.000000310. The summed E-state index contributed by atoms with van der Waals surface area (Å²) in [4.78, 5) is 11.0. The van der Waals surface area contributed by atoms with Crippen molar-refractivity contribution < 1.29 is 19.1 Å². The van der Waals surface area contributed by atoms with Crippen LogP contribution < -0.4 is 10.5 Å². The van der Waals surface area contributed by atoms with Crippen molar-refractivity contribution in [3.05, 3.63) is 27.0 Å². The van der Waals surface area contributed by atoms with Crippen molar-refractivity contribution in [2.45, 2.75) is 50.7 Å². The molecule has 1 unspecified atom stereocenters. The number of ether oxygens (including phenoxy) is 3. The summed E-state index contributed by atoms with van der Waals surface area (Å²) in [6.45, 7) is 3.32. The average Bonchev–Trinajstić information content (AvgIpc) is 3.18. The van der Waals surface area contributed by atoms with E-state index in [0.717, 1.165) is 25.7 Å². The number of hydrogen-bond acceptors (Lipinski definition) is 8. The van der Waals surface area contributed by atoms with Crippen LogP contribution in [-0.2, 0) is 9.47 Å². The fraction of sp³-hybridized carbons (Fsp3) is 0.667. The summed E-state index contributed by atoms with van der Waals surface area (Å²) in [5, 5.41) is 22.3. The predicted octanol–water partition coefficient (Wildman–Crippen LogP) is 3.04. The van der Waals surface area contributed by atoms with E-state index in [0.29, 0.717) is 42.9 Å². The standard InChI is InChI=1S/C15H23N3O5.C3H4ClN3/c1-11-13(18(19)20)14(22-8-3-7-21-2)16-17(11)12-4-9-23-15(10-12)5-6-15;4-2-1-3(5)7-6-2/h12H,3-10H2,1-2H3;1H,(H3,5,6,7). The number of nitrogens with one attached hydrogen (secondary N) is 1. The molecule has 2 fully saturated rings. The molecule has 0 aromatic carbocycles. The number of rotatable bonds is 7. The number of halogens is 1. The van der Waals surface area contributed by atoms with Gasteiger partial charge in [0.15, 0.2) is 0 Å². The molecule has 1 saturated heterocycles. The Bertz CT molecular complexity index is 849. The molecular weight excluding hydrogens is 416 g/mol. The quantitative estimate of drug-likeness (QED) is 0.378. The van der Waals surface area contributed by atoms with Gasteiger partial charge in [-0.25, -0.2) is 0 Å². The minimum absolute atomic E-state index is 0.00439. The SMILES string of the molecule is COCCCOc1nn(C2CCOC3(CC3)C2)c(C)c1[N+](=O)[O-].Nc1cc(Cl)[nH]n1. The number of nitrogens with two attached hydrogens (primary N) is 1. The summed E-state index contributed by atoms with van der Waals surface area (Å²) in [5.74, 6) is 0.532. The maximum absolute atomic E-state index is 11.4. The molecule has 166 valence electrons. The first-order valence-electron chi connectivity index (χ1n) is 9.81. The van der Waals surface area contributed by atoms with E-state index in [-0.39, 0.29) is 23.2 Å². The molecule has 3 heterocycles. The van der Waals surface area contributed by atoms with E-state index in [9.17, 15) is 10.1 Å². The Kier molecular flexibility index (Phi) is 7.16. The lowest BCUT2D eigenvalue weighted by molar-refractivity contribution is -0.386. The normalized spacial score (nSPS) is 19.2. The van der Waals surface area contributed by atoms with Gasteiger partial charge in [0, 0.05) is 32.8 Å². The van der Waals surface area contributed by atoms with Crippen molar-refractivity contribution in [2.24, 2.45) is 0 Å². The van der Waals surface area contributed by atoms with Crippen LogP contribution in [0.5, 0.6) is 5.88 Å². The number of aromatic nitrogens is 4. The predicted molar refractivity (Wildman–Crippen MR) is 110 cm³/mol. The number of aromatic amines is 1. The van der Waals surface area contributed by atoms with Gasteiger partial charge in [-0.3, -0.25) is 19.9 Å². The minimum atomic E-state index is -0.406. The lowest BCUT2D eigenvalue weighted by Gasteiger charge is -2.30. The van der Waals surface area contributed by atoms with Gasteiger partial charge in [-0.1, -0.05) is 11.6 Å². The number of anilines is 1. The molecule has 4 rings (SSSR count). The summed E-state index contributed by atoms with van der Waals surface area (Å²) in [7, 11) is 1.61. The summed E-state index contributed by atoms with van der Waals surface area (Å²) in [6, 6.07) is 1.68. The molecule has 1 aliphatic heterocycles. The molecule has 30 heavy (non-hydrogen) atoms. The molecule has 12 heteroatoms. The van der Waals surface area contributed by atoms with Crippen LogP contribution in [0.15, 0.2) is 6.07 Å². The fourth-order valence-electron chi connectivity index (χ4n) is 3.53. The molecule has 1 aliphatic carbocycles. The third-order valence-electron chi connectivity index (χ3n) is 5.19. The fourth-order valence-corrected chi connectivity index (χ4v) is 3.68. The summed E-state index contributed by atoms with van der Waals surface area (Å²) >= 11 is 5.36. The molecule has 1 saturated carbocycles. The second-order valence-electron chi connectivity index (χ2n) is 7.45. The van der Waals surface area contributed by atoms with Gasteiger partial charge >= 0.3 is 11.6 Å². The van der Waals surface area contributed by atoms with Gasteiger partial charge in [0.05, 0.1) is 23.2 Å². The van der Waals surface area contributed by atoms with E-state index in [2.05, 4.69) is 15.3 Å². The number of nitrogens with zero attached hydrogens (tertiary/aromatic N) is 4. The molecule has 0 radical (unpaired) electrons. The number of nitro groups is 1. The van der Waals surface area contributed by atoms with Gasteiger partial charge in [0.2, 0.25) is 0 Å². The molecule has 2 aliphatic rings. The Morgan fingerprint density at radius 3 is 2.80 bits per heavy atom. The topological polar surface area (TPSA) is 143 Å². The van der Waals surface area contributed by atoms with Crippen molar-refractivity contribution in [2.75, 3.05) is 32.7 Å². The zero-order valence-corrected chi connectivity index (χ0v) is 17.9. The van der Waals surface area contributed by atoms with Crippen LogP contribution in [0.3, 0.4) is 0 Å².